The van der Waals surface area contributed by atoms with Gasteiger partial charge in [-0.15, -0.1) is 10.2 Å². The second-order valence-corrected chi connectivity index (χ2v) is 9.74. The average Bonchev–Trinajstić information content (AvgIpc) is 3.12. The topological polar surface area (TPSA) is 80.1 Å². The highest BCUT2D eigenvalue weighted by atomic mass is 32.2. The highest BCUT2D eigenvalue weighted by Crippen LogP contribution is 2.29. The van der Waals surface area contributed by atoms with E-state index < -0.39 is 0 Å². The van der Waals surface area contributed by atoms with Crippen molar-refractivity contribution < 1.29 is 9.59 Å². The lowest BCUT2D eigenvalue weighted by Crippen LogP contribution is -2.31. The van der Waals surface area contributed by atoms with Crippen LogP contribution in [0.15, 0.2) is 59.8 Å². The lowest BCUT2D eigenvalue weighted by atomic mass is 10.0. The zero-order valence-corrected chi connectivity index (χ0v) is 20.6. The normalized spacial score (nSPS) is 15.1. The molecule has 0 bridgehead atoms. The minimum absolute atomic E-state index is 0.0942. The van der Waals surface area contributed by atoms with E-state index in [1.165, 1.54) is 11.8 Å². The van der Waals surface area contributed by atoms with E-state index in [-0.39, 0.29) is 17.1 Å². The zero-order valence-electron chi connectivity index (χ0n) is 19.7. The Bertz CT molecular complexity index is 1130. The predicted octanol–water partition coefficient (Wildman–Crippen LogP) is 4.99. The number of para-hydroxylation sites is 1. The van der Waals surface area contributed by atoms with Crippen LogP contribution in [0.25, 0.3) is 11.1 Å². The Balaban J connectivity index is 1.45. The number of aromatic nitrogens is 3. The third kappa shape index (κ3) is 5.67. The van der Waals surface area contributed by atoms with Crippen molar-refractivity contribution in [1.29, 1.82) is 0 Å². The number of benzene rings is 2. The van der Waals surface area contributed by atoms with Crippen LogP contribution in [0.5, 0.6) is 0 Å². The molecule has 4 rings (SSSR count). The molecule has 1 atom stereocenters. The molecule has 2 heterocycles. The highest BCUT2D eigenvalue weighted by molar-refractivity contribution is 8.00. The number of carbonyl (C=O) groups excluding carboxylic acids is 2. The maximum absolute atomic E-state index is 13.1. The van der Waals surface area contributed by atoms with Crippen molar-refractivity contribution >= 4 is 29.3 Å². The second kappa shape index (κ2) is 11.3. The molecule has 0 saturated carbocycles. The van der Waals surface area contributed by atoms with Gasteiger partial charge in [-0.25, -0.2) is 0 Å². The molecule has 0 unspecified atom stereocenters. The molecule has 0 spiro atoms. The Morgan fingerprint density at radius 1 is 1.06 bits per heavy atom. The quantitative estimate of drug-likeness (QED) is 0.463. The maximum atomic E-state index is 13.1. The molecule has 178 valence electrons. The van der Waals surface area contributed by atoms with Crippen molar-refractivity contribution in [1.82, 2.24) is 19.7 Å². The number of rotatable bonds is 8. The summed E-state index contributed by atoms with van der Waals surface area (Å²) in [5.41, 5.74) is 2.82. The summed E-state index contributed by atoms with van der Waals surface area (Å²) in [5, 5.41) is 12.1. The van der Waals surface area contributed by atoms with E-state index in [1.807, 2.05) is 77.9 Å². The van der Waals surface area contributed by atoms with Crippen LogP contribution in [0.2, 0.25) is 0 Å². The van der Waals surface area contributed by atoms with Gasteiger partial charge in [0.2, 0.25) is 11.8 Å². The number of hydrogen-bond acceptors (Lipinski definition) is 5. The van der Waals surface area contributed by atoms with Gasteiger partial charge in [0.15, 0.2) is 11.0 Å². The maximum Gasteiger partial charge on any atom is 0.237 e. The third-order valence-electron chi connectivity index (χ3n) is 6.03. The standard InChI is InChI=1S/C26H31N5O2S/c1-3-31-23(18-30-17-11-5-8-16-24(30)32)28-29-26(31)34-19(2)25(33)27-22-15-10-9-14-21(22)20-12-6-4-7-13-20/h4,6-7,9-10,12-15,19H,3,5,8,11,16-18H2,1-2H3,(H,27,33)/t19-/m0/s1. The molecular formula is C26H31N5O2S. The van der Waals surface area contributed by atoms with Crippen LogP contribution in [-0.2, 0) is 22.7 Å². The van der Waals surface area contributed by atoms with E-state index in [0.717, 1.165) is 48.4 Å². The molecule has 3 aromatic rings. The largest absolute Gasteiger partial charge is 0.335 e. The molecule has 1 aromatic heterocycles. The summed E-state index contributed by atoms with van der Waals surface area (Å²) < 4.78 is 2.00. The van der Waals surface area contributed by atoms with Gasteiger partial charge in [0.1, 0.15) is 0 Å². The van der Waals surface area contributed by atoms with Crippen molar-refractivity contribution in [3.8, 4) is 11.1 Å². The molecule has 1 N–H and O–H groups in total. The number of nitrogens with one attached hydrogen (secondary N) is 1. The molecule has 8 heteroatoms. The summed E-state index contributed by atoms with van der Waals surface area (Å²) in [6.07, 6.45) is 3.67. The smallest absolute Gasteiger partial charge is 0.237 e. The Morgan fingerprint density at radius 2 is 1.82 bits per heavy atom. The van der Waals surface area contributed by atoms with Gasteiger partial charge in [-0.2, -0.15) is 0 Å². The van der Waals surface area contributed by atoms with Gasteiger partial charge in [-0.3, -0.25) is 9.59 Å². The van der Waals surface area contributed by atoms with Crippen molar-refractivity contribution in [3.63, 3.8) is 0 Å². The number of anilines is 1. The van der Waals surface area contributed by atoms with E-state index >= 15 is 0 Å². The van der Waals surface area contributed by atoms with Crippen molar-refractivity contribution in [2.75, 3.05) is 11.9 Å². The number of likely N-dealkylation sites (tertiary alicyclic amines) is 1. The van der Waals surface area contributed by atoms with Gasteiger partial charge in [-0.1, -0.05) is 66.7 Å². The molecule has 1 aliphatic heterocycles. The van der Waals surface area contributed by atoms with E-state index in [4.69, 9.17) is 0 Å². The Morgan fingerprint density at radius 3 is 2.62 bits per heavy atom. The van der Waals surface area contributed by atoms with Crippen LogP contribution in [0.4, 0.5) is 5.69 Å². The highest BCUT2D eigenvalue weighted by Gasteiger charge is 2.23. The number of carbonyl (C=O) groups is 2. The first-order chi connectivity index (χ1) is 16.6. The summed E-state index contributed by atoms with van der Waals surface area (Å²) in [4.78, 5) is 27.4. The molecular weight excluding hydrogens is 446 g/mol. The van der Waals surface area contributed by atoms with Crippen molar-refractivity contribution in [3.05, 3.63) is 60.4 Å². The van der Waals surface area contributed by atoms with Crippen LogP contribution >= 0.6 is 11.8 Å². The van der Waals surface area contributed by atoms with Gasteiger partial charge in [0.25, 0.3) is 0 Å². The van der Waals surface area contributed by atoms with Gasteiger partial charge >= 0.3 is 0 Å². The minimum atomic E-state index is -0.369. The molecule has 2 aromatic carbocycles. The average molecular weight is 478 g/mol. The third-order valence-corrected chi connectivity index (χ3v) is 7.11. The summed E-state index contributed by atoms with van der Waals surface area (Å²) in [6, 6.07) is 17.8. The SMILES string of the molecule is CCn1c(CN2CCCCCC2=O)nnc1S[C@@H](C)C(=O)Nc1ccccc1-c1ccccc1. The van der Waals surface area contributed by atoms with Crippen molar-refractivity contribution in [2.24, 2.45) is 0 Å². The summed E-state index contributed by atoms with van der Waals surface area (Å²) in [6.45, 7) is 5.81. The molecule has 1 fully saturated rings. The van der Waals surface area contributed by atoms with Crippen LogP contribution in [0.1, 0.15) is 45.4 Å². The minimum Gasteiger partial charge on any atom is -0.335 e. The first kappa shape index (κ1) is 24.0. The molecule has 34 heavy (non-hydrogen) atoms. The Hall–Kier alpha value is -3.13. The molecule has 0 aliphatic carbocycles. The van der Waals surface area contributed by atoms with E-state index in [1.54, 1.807) is 0 Å². The van der Waals surface area contributed by atoms with Crippen LogP contribution < -0.4 is 5.32 Å². The molecule has 1 saturated heterocycles. The predicted molar refractivity (Wildman–Crippen MR) is 135 cm³/mol. The lowest BCUT2D eigenvalue weighted by molar-refractivity contribution is -0.131. The summed E-state index contributed by atoms with van der Waals surface area (Å²) in [5.74, 6) is 0.854. The number of nitrogens with zero attached hydrogens (tertiary/aromatic N) is 4. The van der Waals surface area contributed by atoms with E-state index in [9.17, 15) is 9.59 Å². The molecule has 7 nitrogen and oxygen atoms in total. The second-order valence-electron chi connectivity index (χ2n) is 8.43. The number of amides is 2. The molecule has 2 amide bonds. The zero-order chi connectivity index (χ0) is 23.9. The number of thioether (sulfide) groups is 1. The van der Waals surface area contributed by atoms with Gasteiger partial charge < -0.3 is 14.8 Å². The summed E-state index contributed by atoms with van der Waals surface area (Å²) in [7, 11) is 0. The van der Waals surface area contributed by atoms with Crippen LogP contribution in [-0.4, -0.2) is 43.3 Å². The first-order valence-electron chi connectivity index (χ1n) is 11.9. The van der Waals surface area contributed by atoms with E-state index in [2.05, 4.69) is 15.5 Å². The van der Waals surface area contributed by atoms with Crippen LogP contribution in [0, 0.1) is 0 Å². The van der Waals surface area contributed by atoms with Gasteiger partial charge in [0.05, 0.1) is 11.8 Å². The van der Waals surface area contributed by atoms with Gasteiger partial charge in [-0.05, 0) is 38.3 Å². The van der Waals surface area contributed by atoms with Gasteiger partial charge in [0, 0.05) is 30.8 Å². The Kier molecular flexibility index (Phi) is 8.00. The first-order valence-corrected chi connectivity index (χ1v) is 12.8. The van der Waals surface area contributed by atoms with E-state index in [0.29, 0.717) is 24.7 Å². The van der Waals surface area contributed by atoms with Crippen LogP contribution in [0.3, 0.4) is 0 Å². The number of hydrogen-bond donors (Lipinski definition) is 1. The monoisotopic (exact) mass is 477 g/mol. The van der Waals surface area contributed by atoms with Crippen molar-refractivity contribution in [2.45, 2.75) is 63.0 Å². The fourth-order valence-electron chi connectivity index (χ4n) is 4.12. The fourth-order valence-corrected chi connectivity index (χ4v) is 5.06. The summed E-state index contributed by atoms with van der Waals surface area (Å²) >= 11 is 1.39. The Labute approximate surface area is 205 Å². The lowest BCUT2D eigenvalue weighted by Gasteiger charge is -2.20. The fraction of sp³-hybridized carbons (Fsp3) is 0.385. The molecule has 1 aliphatic rings. The molecule has 0 radical (unpaired) electrons.